The van der Waals surface area contributed by atoms with Crippen LogP contribution in [-0.2, 0) is 9.59 Å². The maximum absolute atomic E-state index is 12.8. The van der Waals surface area contributed by atoms with E-state index in [4.69, 9.17) is 0 Å². The van der Waals surface area contributed by atoms with Gasteiger partial charge in [-0.1, -0.05) is 26.0 Å². The van der Waals surface area contributed by atoms with Crippen molar-refractivity contribution in [3.8, 4) is 0 Å². The maximum atomic E-state index is 12.8. The van der Waals surface area contributed by atoms with Gasteiger partial charge in [0.2, 0.25) is 11.8 Å². The van der Waals surface area contributed by atoms with E-state index in [0.717, 1.165) is 18.4 Å². The van der Waals surface area contributed by atoms with Gasteiger partial charge in [0, 0.05) is 31.6 Å². The predicted octanol–water partition coefficient (Wildman–Crippen LogP) is 2.99. The summed E-state index contributed by atoms with van der Waals surface area (Å²) in [7, 11) is 0. The van der Waals surface area contributed by atoms with Crippen LogP contribution in [0.4, 0.5) is 4.39 Å². The Hall–Kier alpha value is -2.17. The molecule has 1 N–H and O–H groups in total. The van der Waals surface area contributed by atoms with Crippen molar-refractivity contribution in [3.63, 3.8) is 0 Å². The number of rotatable bonds is 5. The lowest BCUT2D eigenvalue weighted by Gasteiger charge is -2.32. The van der Waals surface area contributed by atoms with E-state index >= 15 is 0 Å². The van der Waals surface area contributed by atoms with Crippen LogP contribution in [0.1, 0.15) is 38.7 Å². The van der Waals surface area contributed by atoms with Gasteiger partial charge in [-0.05, 0) is 42.5 Å². The molecule has 130 valence electrons. The third-order valence-electron chi connectivity index (χ3n) is 4.07. The molecule has 0 unspecified atom stereocenters. The quantitative estimate of drug-likeness (QED) is 0.843. The first kappa shape index (κ1) is 18.2. The summed E-state index contributed by atoms with van der Waals surface area (Å²) in [6, 6.07) is 6.07. The molecule has 1 aliphatic heterocycles. The van der Waals surface area contributed by atoms with Gasteiger partial charge in [0.25, 0.3) is 0 Å². The van der Waals surface area contributed by atoms with Gasteiger partial charge < -0.3 is 10.2 Å². The van der Waals surface area contributed by atoms with Crippen molar-refractivity contribution in [3.05, 3.63) is 41.7 Å². The van der Waals surface area contributed by atoms with E-state index in [9.17, 15) is 14.0 Å². The van der Waals surface area contributed by atoms with Crippen molar-refractivity contribution >= 4 is 17.9 Å². The fraction of sp³-hybridized carbons (Fsp3) is 0.474. The van der Waals surface area contributed by atoms with Crippen molar-refractivity contribution in [1.29, 1.82) is 0 Å². The summed E-state index contributed by atoms with van der Waals surface area (Å²) in [5.41, 5.74) is 0.778. The average Bonchev–Trinajstić information content (AvgIpc) is 2.54. The van der Waals surface area contributed by atoms with Gasteiger partial charge in [-0.15, -0.1) is 0 Å². The van der Waals surface area contributed by atoms with Crippen molar-refractivity contribution in [1.82, 2.24) is 10.2 Å². The number of benzene rings is 1. The molecule has 2 rings (SSSR count). The highest BCUT2D eigenvalue weighted by molar-refractivity contribution is 5.91. The lowest BCUT2D eigenvalue weighted by atomic mass is 10.0. The Bertz CT molecular complexity index is 588. The van der Waals surface area contributed by atoms with Crippen molar-refractivity contribution < 1.29 is 14.0 Å². The molecule has 1 aromatic rings. The highest BCUT2D eigenvalue weighted by Crippen LogP contribution is 2.13. The molecule has 4 nitrogen and oxygen atoms in total. The minimum Gasteiger partial charge on any atom is -0.350 e. The summed E-state index contributed by atoms with van der Waals surface area (Å²) >= 11 is 0. The van der Waals surface area contributed by atoms with Crippen LogP contribution in [0.15, 0.2) is 30.3 Å². The second-order valence-electron chi connectivity index (χ2n) is 6.65. The molecule has 0 atom stereocenters. The van der Waals surface area contributed by atoms with Gasteiger partial charge in [0.05, 0.1) is 0 Å². The van der Waals surface area contributed by atoms with Gasteiger partial charge in [0.1, 0.15) is 5.82 Å². The van der Waals surface area contributed by atoms with Gasteiger partial charge in [0.15, 0.2) is 0 Å². The standard InChI is InChI=1S/C19H25FN2O2/c1-14(2)13-19(24)22-11-9-17(10-12-22)21-18(23)8-5-15-3-6-16(20)7-4-15/h3-8,14,17H,9-13H2,1-2H3,(H,21,23). The molecule has 1 aromatic carbocycles. The monoisotopic (exact) mass is 332 g/mol. The molecule has 0 radical (unpaired) electrons. The molecule has 0 aromatic heterocycles. The summed E-state index contributed by atoms with van der Waals surface area (Å²) in [6.07, 6.45) is 5.26. The second kappa shape index (κ2) is 8.62. The van der Waals surface area contributed by atoms with E-state index in [1.54, 1.807) is 18.2 Å². The number of nitrogens with zero attached hydrogens (tertiary/aromatic N) is 1. The molecule has 1 heterocycles. The molecule has 5 heteroatoms. The Morgan fingerprint density at radius 1 is 1.25 bits per heavy atom. The van der Waals surface area contributed by atoms with Crippen LogP contribution in [0.3, 0.4) is 0 Å². The van der Waals surface area contributed by atoms with Gasteiger partial charge in [-0.25, -0.2) is 4.39 Å². The number of piperidine rings is 1. The number of carbonyl (C=O) groups excluding carboxylic acids is 2. The predicted molar refractivity (Wildman–Crippen MR) is 92.6 cm³/mol. The summed E-state index contributed by atoms with van der Waals surface area (Å²) in [4.78, 5) is 25.9. The zero-order chi connectivity index (χ0) is 17.5. The third kappa shape index (κ3) is 5.80. The first-order chi connectivity index (χ1) is 11.4. The molecule has 24 heavy (non-hydrogen) atoms. The molecular formula is C19H25FN2O2. The Labute approximate surface area is 142 Å². The maximum Gasteiger partial charge on any atom is 0.244 e. The van der Waals surface area contributed by atoms with Crippen LogP contribution in [0.25, 0.3) is 6.08 Å². The molecular weight excluding hydrogens is 307 g/mol. The van der Waals surface area contributed by atoms with Crippen molar-refractivity contribution in [2.45, 2.75) is 39.2 Å². The Kier molecular flexibility index (Phi) is 6.53. The molecule has 1 fully saturated rings. The number of hydrogen-bond donors (Lipinski definition) is 1. The normalized spacial score (nSPS) is 15.9. The number of hydrogen-bond acceptors (Lipinski definition) is 2. The minimum atomic E-state index is -0.296. The molecule has 0 saturated carbocycles. The van der Waals surface area contributed by atoms with Crippen LogP contribution in [0.2, 0.25) is 0 Å². The summed E-state index contributed by atoms with van der Waals surface area (Å²) in [6.45, 7) is 5.47. The van der Waals surface area contributed by atoms with E-state index in [1.807, 2.05) is 18.7 Å². The number of nitrogens with one attached hydrogen (secondary N) is 1. The lowest BCUT2D eigenvalue weighted by molar-refractivity contribution is -0.133. The minimum absolute atomic E-state index is 0.0958. The second-order valence-corrected chi connectivity index (χ2v) is 6.65. The van der Waals surface area contributed by atoms with E-state index < -0.39 is 0 Å². The van der Waals surface area contributed by atoms with Crippen LogP contribution >= 0.6 is 0 Å². The first-order valence-electron chi connectivity index (χ1n) is 8.46. The fourth-order valence-corrected chi connectivity index (χ4v) is 2.75. The van der Waals surface area contributed by atoms with E-state index in [-0.39, 0.29) is 23.7 Å². The number of amides is 2. The molecule has 0 aliphatic carbocycles. The van der Waals surface area contributed by atoms with E-state index in [0.29, 0.717) is 25.4 Å². The van der Waals surface area contributed by atoms with E-state index in [2.05, 4.69) is 5.32 Å². The topological polar surface area (TPSA) is 49.4 Å². The van der Waals surface area contributed by atoms with E-state index in [1.165, 1.54) is 18.2 Å². The Morgan fingerprint density at radius 2 is 1.88 bits per heavy atom. The third-order valence-corrected chi connectivity index (χ3v) is 4.07. The van der Waals surface area contributed by atoms with Crippen LogP contribution < -0.4 is 5.32 Å². The van der Waals surface area contributed by atoms with Crippen LogP contribution in [-0.4, -0.2) is 35.8 Å². The lowest BCUT2D eigenvalue weighted by Crippen LogP contribution is -2.46. The number of halogens is 1. The smallest absolute Gasteiger partial charge is 0.244 e. The Balaban J connectivity index is 1.76. The van der Waals surface area contributed by atoms with Gasteiger partial charge in [-0.2, -0.15) is 0 Å². The van der Waals surface area contributed by atoms with Crippen LogP contribution in [0.5, 0.6) is 0 Å². The molecule has 1 saturated heterocycles. The summed E-state index contributed by atoms with van der Waals surface area (Å²) in [5, 5.41) is 2.96. The molecule has 0 spiro atoms. The van der Waals surface area contributed by atoms with Crippen molar-refractivity contribution in [2.24, 2.45) is 5.92 Å². The first-order valence-corrected chi connectivity index (χ1v) is 8.46. The fourth-order valence-electron chi connectivity index (χ4n) is 2.75. The summed E-state index contributed by atoms with van der Waals surface area (Å²) < 4.78 is 12.8. The Morgan fingerprint density at radius 3 is 2.46 bits per heavy atom. The molecule has 0 bridgehead atoms. The average molecular weight is 332 g/mol. The van der Waals surface area contributed by atoms with Gasteiger partial charge >= 0.3 is 0 Å². The van der Waals surface area contributed by atoms with Crippen LogP contribution in [0, 0.1) is 11.7 Å². The van der Waals surface area contributed by atoms with Gasteiger partial charge in [-0.3, -0.25) is 9.59 Å². The number of carbonyl (C=O) groups is 2. The highest BCUT2D eigenvalue weighted by atomic mass is 19.1. The SMILES string of the molecule is CC(C)CC(=O)N1CCC(NC(=O)C=Cc2ccc(F)cc2)CC1. The largest absolute Gasteiger partial charge is 0.350 e. The molecule has 2 amide bonds. The highest BCUT2D eigenvalue weighted by Gasteiger charge is 2.23. The zero-order valence-corrected chi connectivity index (χ0v) is 14.3. The molecule has 1 aliphatic rings. The number of likely N-dealkylation sites (tertiary alicyclic amines) is 1. The zero-order valence-electron chi connectivity index (χ0n) is 14.3. The van der Waals surface area contributed by atoms with Crippen molar-refractivity contribution in [2.75, 3.05) is 13.1 Å². The summed E-state index contributed by atoms with van der Waals surface area (Å²) in [5.74, 6) is 0.110.